The van der Waals surface area contributed by atoms with Crippen LogP contribution in [0, 0.1) is 5.82 Å². The predicted octanol–water partition coefficient (Wildman–Crippen LogP) is 3.39. The normalized spacial score (nSPS) is 12.3. The quantitative estimate of drug-likeness (QED) is 0.802. The first-order chi connectivity index (χ1) is 9.75. The van der Waals surface area contributed by atoms with E-state index in [0.717, 1.165) is 5.56 Å². The Kier molecular flexibility index (Phi) is 3.54. The number of hydrogen-bond donors (Lipinski definition) is 1. The Morgan fingerprint density at radius 2 is 1.65 bits per heavy atom. The van der Waals surface area contributed by atoms with Crippen molar-refractivity contribution in [1.29, 1.82) is 0 Å². The van der Waals surface area contributed by atoms with Crippen LogP contribution in [-0.4, -0.2) is 10.2 Å². The smallest absolute Gasteiger partial charge is 0.150 e. The zero-order valence-corrected chi connectivity index (χ0v) is 11.3. The lowest BCUT2D eigenvalue weighted by Gasteiger charge is -2.06. The monoisotopic (exact) mass is 285 g/mol. The first kappa shape index (κ1) is 12.9. The second kappa shape index (κ2) is 5.48. The number of nitrogens with zero attached hydrogens (tertiary/aromatic N) is 2. The average Bonchev–Trinajstić information content (AvgIpc) is 2.97. The van der Waals surface area contributed by atoms with E-state index in [9.17, 15) is 4.39 Å². The van der Waals surface area contributed by atoms with Gasteiger partial charge in [-0.25, -0.2) is 4.39 Å². The minimum absolute atomic E-state index is 0.302. The summed E-state index contributed by atoms with van der Waals surface area (Å²) in [4.78, 5) is 0. The van der Waals surface area contributed by atoms with E-state index in [1.165, 1.54) is 17.4 Å². The molecule has 0 radical (unpaired) electrons. The van der Waals surface area contributed by atoms with Gasteiger partial charge in [0.1, 0.15) is 10.8 Å². The second-order valence-corrected chi connectivity index (χ2v) is 5.32. The molecule has 0 aliphatic carbocycles. The fourth-order valence-electron chi connectivity index (χ4n) is 1.91. The molecule has 0 bridgehead atoms. The van der Waals surface area contributed by atoms with Crippen molar-refractivity contribution < 1.29 is 4.39 Å². The van der Waals surface area contributed by atoms with Gasteiger partial charge in [-0.2, -0.15) is 0 Å². The van der Waals surface area contributed by atoms with Gasteiger partial charge in [0.15, 0.2) is 5.01 Å². The maximum absolute atomic E-state index is 13.7. The van der Waals surface area contributed by atoms with Crippen LogP contribution in [-0.2, 0) is 0 Å². The first-order valence-corrected chi connectivity index (χ1v) is 6.96. The molecule has 0 saturated heterocycles. The van der Waals surface area contributed by atoms with Crippen LogP contribution < -0.4 is 5.73 Å². The van der Waals surface area contributed by atoms with Crippen LogP contribution in [0.25, 0.3) is 10.6 Å². The molecule has 1 heterocycles. The van der Waals surface area contributed by atoms with Crippen molar-refractivity contribution in [3.05, 3.63) is 71.0 Å². The van der Waals surface area contributed by atoms with E-state index >= 15 is 0 Å². The Hall–Kier alpha value is -2.11. The molecule has 100 valence electrons. The Bertz CT molecular complexity index is 712. The highest BCUT2D eigenvalue weighted by Gasteiger charge is 2.16. The fraction of sp³-hybridized carbons (Fsp3) is 0.0667. The second-order valence-electron chi connectivity index (χ2n) is 4.31. The van der Waals surface area contributed by atoms with E-state index in [1.54, 1.807) is 18.2 Å². The van der Waals surface area contributed by atoms with Crippen LogP contribution in [0.2, 0.25) is 0 Å². The lowest BCUT2D eigenvalue weighted by Crippen LogP contribution is -2.11. The highest BCUT2D eigenvalue weighted by Crippen LogP contribution is 2.29. The SMILES string of the molecule is NC(c1ccccc1)c1nnc(-c2ccccc2F)s1. The van der Waals surface area contributed by atoms with E-state index in [2.05, 4.69) is 10.2 Å². The van der Waals surface area contributed by atoms with Crippen LogP contribution >= 0.6 is 11.3 Å². The van der Waals surface area contributed by atoms with Gasteiger partial charge in [-0.3, -0.25) is 0 Å². The largest absolute Gasteiger partial charge is 0.318 e. The number of rotatable bonds is 3. The molecule has 0 aliphatic rings. The summed E-state index contributed by atoms with van der Waals surface area (Å²) in [6, 6.07) is 15.8. The van der Waals surface area contributed by atoms with E-state index in [4.69, 9.17) is 5.73 Å². The summed E-state index contributed by atoms with van der Waals surface area (Å²) in [6.07, 6.45) is 0. The van der Waals surface area contributed by atoms with Gasteiger partial charge >= 0.3 is 0 Å². The molecular formula is C15H12FN3S. The highest BCUT2D eigenvalue weighted by atomic mass is 32.1. The molecule has 20 heavy (non-hydrogen) atoms. The van der Waals surface area contributed by atoms with E-state index < -0.39 is 0 Å². The fourth-order valence-corrected chi connectivity index (χ4v) is 2.81. The zero-order valence-electron chi connectivity index (χ0n) is 10.5. The third-order valence-electron chi connectivity index (χ3n) is 2.97. The van der Waals surface area contributed by atoms with Crippen molar-refractivity contribution in [2.75, 3.05) is 0 Å². The molecule has 3 aromatic rings. The van der Waals surface area contributed by atoms with Crippen LogP contribution in [0.15, 0.2) is 54.6 Å². The van der Waals surface area contributed by atoms with Gasteiger partial charge in [0, 0.05) is 5.56 Å². The lowest BCUT2D eigenvalue weighted by molar-refractivity contribution is 0.631. The molecule has 2 N–H and O–H groups in total. The van der Waals surface area contributed by atoms with Gasteiger partial charge < -0.3 is 5.73 Å². The van der Waals surface area contributed by atoms with Crippen LogP contribution in [0.4, 0.5) is 4.39 Å². The molecule has 0 spiro atoms. The third-order valence-corrected chi connectivity index (χ3v) is 4.01. The lowest BCUT2D eigenvalue weighted by atomic mass is 10.1. The number of hydrogen-bond acceptors (Lipinski definition) is 4. The highest BCUT2D eigenvalue weighted by molar-refractivity contribution is 7.14. The van der Waals surface area contributed by atoms with Crippen molar-refractivity contribution in [2.45, 2.75) is 6.04 Å². The Balaban J connectivity index is 1.93. The van der Waals surface area contributed by atoms with Gasteiger partial charge in [0.05, 0.1) is 6.04 Å². The predicted molar refractivity (Wildman–Crippen MR) is 77.8 cm³/mol. The number of benzene rings is 2. The van der Waals surface area contributed by atoms with Gasteiger partial charge in [-0.1, -0.05) is 53.8 Å². The maximum atomic E-state index is 13.7. The molecule has 2 aromatic carbocycles. The molecule has 3 rings (SSSR count). The molecule has 1 atom stereocenters. The zero-order chi connectivity index (χ0) is 13.9. The Morgan fingerprint density at radius 1 is 0.950 bits per heavy atom. The van der Waals surface area contributed by atoms with Crippen molar-refractivity contribution in [2.24, 2.45) is 5.73 Å². The standard InChI is InChI=1S/C15H12FN3S/c16-12-9-5-4-8-11(12)14-18-19-15(20-14)13(17)10-6-2-1-3-7-10/h1-9,13H,17H2. The number of halogens is 1. The van der Waals surface area contributed by atoms with Gasteiger partial charge in [0.2, 0.25) is 0 Å². The first-order valence-electron chi connectivity index (χ1n) is 6.14. The van der Waals surface area contributed by atoms with Crippen LogP contribution in [0.1, 0.15) is 16.6 Å². The molecule has 5 heteroatoms. The Labute approximate surface area is 119 Å². The van der Waals surface area contributed by atoms with Gasteiger partial charge in [0.25, 0.3) is 0 Å². The minimum atomic E-state index is -0.339. The van der Waals surface area contributed by atoms with Crippen molar-refractivity contribution in [3.63, 3.8) is 0 Å². The van der Waals surface area contributed by atoms with Gasteiger partial charge in [-0.15, -0.1) is 10.2 Å². The summed E-state index contributed by atoms with van der Waals surface area (Å²) < 4.78 is 13.7. The van der Waals surface area contributed by atoms with Crippen LogP contribution in [0.5, 0.6) is 0 Å². The van der Waals surface area contributed by atoms with Crippen molar-refractivity contribution >= 4 is 11.3 Å². The summed E-state index contributed by atoms with van der Waals surface area (Å²) in [6.45, 7) is 0. The van der Waals surface area contributed by atoms with E-state index in [-0.39, 0.29) is 11.9 Å². The average molecular weight is 285 g/mol. The van der Waals surface area contributed by atoms with Crippen molar-refractivity contribution in [1.82, 2.24) is 10.2 Å². The topological polar surface area (TPSA) is 51.8 Å². The number of nitrogens with two attached hydrogens (primary N) is 1. The molecule has 3 nitrogen and oxygen atoms in total. The van der Waals surface area contributed by atoms with Gasteiger partial charge in [-0.05, 0) is 17.7 Å². The molecular weight excluding hydrogens is 273 g/mol. The minimum Gasteiger partial charge on any atom is -0.318 e. The summed E-state index contributed by atoms with van der Waals surface area (Å²) in [5.74, 6) is -0.302. The van der Waals surface area contributed by atoms with E-state index in [1.807, 2.05) is 30.3 Å². The summed E-state index contributed by atoms with van der Waals surface area (Å²) >= 11 is 1.32. The van der Waals surface area contributed by atoms with Crippen LogP contribution in [0.3, 0.4) is 0 Å². The summed E-state index contributed by atoms with van der Waals surface area (Å²) in [7, 11) is 0. The molecule has 0 amide bonds. The van der Waals surface area contributed by atoms with E-state index in [0.29, 0.717) is 15.6 Å². The molecule has 0 aliphatic heterocycles. The number of aromatic nitrogens is 2. The molecule has 1 aromatic heterocycles. The Morgan fingerprint density at radius 3 is 2.40 bits per heavy atom. The summed E-state index contributed by atoms with van der Waals surface area (Å²) in [5, 5.41) is 9.35. The molecule has 0 fully saturated rings. The summed E-state index contributed by atoms with van der Waals surface area (Å²) in [5.41, 5.74) is 7.58. The molecule has 0 saturated carbocycles. The molecule has 1 unspecified atom stereocenters. The maximum Gasteiger partial charge on any atom is 0.150 e. The van der Waals surface area contributed by atoms with Crippen molar-refractivity contribution in [3.8, 4) is 10.6 Å². The third kappa shape index (κ3) is 2.45.